The minimum Gasteiger partial charge on any atom is -0.285 e. The molecule has 0 heterocycles. The van der Waals surface area contributed by atoms with Gasteiger partial charge < -0.3 is 0 Å². The van der Waals surface area contributed by atoms with Crippen molar-refractivity contribution in [1.29, 1.82) is 0 Å². The van der Waals surface area contributed by atoms with Crippen LogP contribution in [0.1, 0.15) is 82.2 Å². The van der Waals surface area contributed by atoms with E-state index in [1.165, 1.54) is 89.0 Å². The molecule has 282 valence electrons. The zero-order chi connectivity index (χ0) is 39.3. The minimum atomic E-state index is -0.269. The second-order valence-corrected chi connectivity index (χ2v) is 16.5. The van der Waals surface area contributed by atoms with Crippen molar-refractivity contribution in [2.24, 2.45) is 4.99 Å². The Bertz CT molecular complexity index is 2940. The molecular weight excluding hydrogens is 711 g/mol. The Morgan fingerprint density at radius 2 is 1.27 bits per heavy atom. The molecule has 0 radical (unpaired) electrons. The van der Waals surface area contributed by atoms with Gasteiger partial charge in [-0.25, -0.2) is 0 Å². The number of hydrogen-bond donors (Lipinski definition) is 0. The van der Waals surface area contributed by atoms with Gasteiger partial charge in [-0.2, -0.15) is 0 Å². The van der Waals surface area contributed by atoms with Crippen molar-refractivity contribution < 1.29 is 0 Å². The van der Waals surface area contributed by atoms with Crippen LogP contribution in [0.15, 0.2) is 211 Å². The molecule has 4 aliphatic carbocycles. The van der Waals surface area contributed by atoms with E-state index in [9.17, 15) is 0 Å². The molecule has 2 atom stereocenters. The van der Waals surface area contributed by atoms with Gasteiger partial charge in [-0.3, -0.25) is 4.99 Å². The van der Waals surface area contributed by atoms with Crippen molar-refractivity contribution in [3.8, 4) is 22.3 Å². The van der Waals surface area contributed by atoms with E-state index in [1.54, 1.807) is 5.57 Å². The molecule has 0 N–H and O–H groups in total. The maximum Gasteiger partial charge on any atom is 0.0688 e. The summed E-state index contributed by atoms with van der Waals surface area (Å²) in [6, 6.07) is 65.1. The summed E-state index contributed by atoms with van der Waals surface area (Å²) in [6.07, 6.45) is 12.7. The van der Waals surface area contributed by atoms with Crippen LogP contribution in [0.3, 0.4) is 0 Å². The van der Waals surface area contributed by atoms with Crippen molar-refractivity contribution in [2.45, 2.75) is 44.1 Å². The van der Waals surface area contributed by atoms with Gasteiger partial charge in [0.15, 0.2) is 0 Å². The zero-order valence-corrected chi connectivity index (χ0v) is 33.4. The van der Waals surface area contributed by atoms with Crippen LogP contribution in [-0.2, 0) is 12.0 Å². The zero-order valence-electron chi connectivity index (χ0n) is 33.4. The molecule has 0 aromatic heterocycles. The Morgan fingerprint density at radius 1 is 0.593 bits per heavy atom. The van der Waals surface area contributed by atoms with Crippen LogP contribution < -0.4 is 0 Å². The van der Waals surface area contributed by atoms with E-state index in [4.69, 9.17) is 4.99 Å². The van der Waals surface area contributed by atoms with Gasteiger partial charge >= 0.3 is 0 Å². The van der Waals surface area contributed by atoms with E-state index in [2.05, 4.69) is 207 Å². The molecule has 59 heavy (non-hydrogen) atoms. The van der Waals surface area contributed by atoms with E-state index < -0.39 is 0 Å². The molecule has 0 aliphatic heterocycles. The fraction of sp³-hybridized carbons (Fsp3) is 0.121. The molecule has 4 aliphatic rings. The lowest BCUT2D eigenvalue weighted by Crippen LogP contribution is -2.28. The third-order valence-corrected chi connectivity index (χ3v) is 13.2. The highest BCUT2D eigenvalue weighted by Crippen LogP contribution is 2.63. The van der Waals surface area contributed by atoms with E-state index in [1.807, 2.05) is 0 Å². The summed E-state index contributed by atoms with van der Waals surface area (Å²) in [7, 11) is 0. The summed E-state index contributed by atoms with van der Waals surface area (Å²) in [4.78, 5) is 5.29. The van der Waals surface area contributed by atoms with Crippen molar-refractivity contribution in [1.82, 2.24) is 0 Å². The maximum absolute atomic E-state index is 5.29. The van der Waals surface area contributed by atoms with Crippen LogP contribution >= 0.6 is 0 Å². The molecule has 2 unspecified atom stereocenters. The predicted molar refractivity (Wildman–Crippen MR) is 247 cm³/mol. The van der Waals surface area contributed by atoms with Gasteiger partial charge in [-0.05, 0) is 133 Å². The number of allylic oxidation sites excluding steroid dienone is 8. The molecule has 0 amide bonds. The highest BCUT2D eigenvalue weighted by Gasteiger charge is 2.52. The second-order valence-electron chi connectivity index (χ2n) is 16.5. The van der Waals surface area contributed by atoms with Crippen LogP contribution in [0.25, 0.3) is 39.0 Å². The summed E-state index contributed by atoms with van der Waals surface area (Å²) in [5, 5.41) is 0. The molecular formula is C58H45N. The molecule has 1 spiro atoms. The van der Waals surface area contributed by atoms with Crippen LogP contribution in [0.5, 0.6) is 0 Å². The van der Waals surface area contributed by atoms with Crippen LogP contribution in [0.2, 0.25) is 0 Å². The highest BCUT2D eigenvalue weighted by atomic mass is 14.7. The second kappa shape index (κ2) is 14.5. The Labute approximate surface area is 348 Å². The normalized spacial score (nSPS) is 18.9. The van der Waals surface area contributed by atoms with Crippen molar-refractivity contribution in [3.05, 3.63) is 256 Å². The molecule has 7 aromatic rings. The average molecular weight is 756 g/mol. The van der Waals surface area contributed by atoms with Crippen LogP contribution in [0, 0.1) is 0 Å². The number of aliphatic imine (C=N–C) groups is 1. The third-order valence-electron chi connectivity index (χ3n) is 13.2. The van der Waals surface area contributed by atoms with Gasteiger partial charge in [0.05, 0.1) is 12.0 Å². The molecule has 0 fully saturated rings. The third kappa shape index (κ3) is 5.95. The first-order chi connectivity index (χ1) is 29.1. The molecule has 0 saturated heterocycles. The first-order valence-corrected chi connectivity index (χ1v) is 21.1. The van der Waals surface area contributed by atoms with Gasteiger partial charge in [-0.15, -0.1) is 0 Å². The van der Waals surface area contributed by atoms with Crippen LogP contribution in [0.4, 0.5) is 0 Å². The Balaban J connectivity index is 0.921. The van der Waals surface area contributed by atoms with Crippen molar-refractivity contribution >= 4 is 22.4 Å². The highest BCUT2D eigenvalue weighted by molar-refractivity contribution is 6.02. The van der Waals surface area contributed by atoms with E-state index in [0.29, 0.717) is 6.54 Å². The summed E-state index contributed by atoms with van der Waals surface area (Å²) in [5.74, 6) is 0.260. The molecule has 11 rings (SSSR count). The quantitative estimate of drug-likeness (QED) is 0.144. The van der Waals surface area contributed by atoms with Crippen molar-refractivity contribution in [3.63, 3.8) is 0 Å². The first kappa shape index (κ1) is 35.3. The van der Waals surface area contributed by atoms with Gasteiger partial charge in [0.25, 0.3) is 0 Å². The molecule has 0 bridgehead atoms. The summed E-state index contributed by atoms with van der Waals surface area (Å²) in [6.45, 7) is 2.81. The molecule has 1 nitrogen and oxygen atoms in total. The number of hydrogen-bond acceptors (Lipinski definition) is 1. The summed E-state index contributed by atoms with van der Waals surface area (Å²) < 4.78 is 0. The Hall–Kier alpha value is -6.83. The lowest BCUT2D eigenvalue weighted by Gasteiger charge is -2.33. The lowest BCUT2D eigenvalue weighted by atomic mass is 9.68. The van der Waals surface area contributed by atoms with E-state index >= 15 is 0 Å². The first-order valence-electron chi connectivity index (χ1n) is 21.1. The number of rotatable bonds is 7. The lowest BCUT2D eigenvalue weighted by molar-refractivity contribution is 0.714. The van der Waals surface area contributed by atoms with Crippen molar-refractivity contribution in [2.75, 3.05) is 0 Å². The average Bonchev–Trinajstić information content (AvgIpc) is 3.78. The van der Waals surface area contributed by atoms with E-state index in [0.717, 1.165) is 25.0 Å². The van der Waals surface area contributed by atoms with Gasteiger partial charge in [-0.1, -0.05) is 188 Å². The fourth-order valence-electron chi connectivity index (χ4n) is 10.4. The fourth-order valence-corrected chi connectivity index (χ4v) is 10.4. The Kier molecular flexibility index (Phi) is 8.70. The van der Waals surface area contributed by atoms with E-state index in [-0.39, 0.29) is 11.3 Å². The molecule has 1 heteroatoms. The number of benzene rings is 7. The largest absolute Gasteiger partial charge is 0.285 e. The van der Waals surface area contributed by atoms with Gasteiger partial charge in [0.1, 0.15) is 0 Å². The topological polar surface area (TPSA) is 12.4 Å². The Morgan fingerprint density at radius 3 is 2.10 bits per heavy atom. The van der Waals surface area contributed by atoms with Gasteiger partial charge in [0, 0.05) is 11.6 Å². The smallest absolute Gasteiger partial charge is 0.0688 e. The number of nitrogens with zero attached hydrogens (tertiary/aromatic N) is 1. The SMILES string of the molecule is C/C(=N\Cc1cccc(C2=CC(c3ccccc3)=CC(c3cccc(-c4ccccc4)c3)C2)c1)c1ccc2c(c1)C1(C3=C(C=CCC3)c3ccccc31)c1ccccc1-2. The summed E-state index contributed by atoms with van der Waals surface area (Å²) in [5.41, 5.74) is 23.5. The molecule has 7 aromatic carbocycles. The number of fused-ring (bicyclic) bond motifs is 9. The maximum atomic E-state index is 5.29. The van der Waals surface area contributed by atoms with Gasteiger partial charge in [0.2, 0.25) is 0 Å². The monoisotopic (exact) mass is 755 g/mol. The predicted octanol–water partition coefficient (Wildman–Crippen LogP) is 14.4. The minimum absolute atomic E-state index is 0.260. The standard InChI is InChI=1S/C58H45N/c1-39(43-30-31-53-52-26-10-13-29-56(52)58(57(53)37-43)54-27-11-8-24-50(54)51-25-9-12-28-55(51)58)59-38-40-16-14-21-44(32-40)48-34-47(42-19-6-3-7-20-42)35-49(36-48)46-23-15-22-45(33-46)41-17-4-2-5-18-41/h2-11,13-27,29-35,37,49H,12,28,36,38H2,1H3/b59-39+. The summed E-state index contributed by atoms with van der Waals surface area (Å²) >= 11 is 0. The van der Waals surface area contributed by atoms with Crippen LogP contribution in [-0.4, -0.2) is 5.71 Å². The molecule has 0 saturated carbocycles.